The molecule has 1 aliphatic heterocycles. The van der Waals surface area contributed by atoms with Gasteiger partial charge in [0.25, 0.3) is 11.6 Å². The van der Waals surface area contributed by atoms with E-state index in [4.69, 9.17) is 0 Å². The van der Waals surface area contributed by atoms with Crippen LogP contribution in [0.4, 0.5) is 11.4 Å². The lowest BCUT2D eigenvalue weighted by atomic mass is 9.98. The number of fused-ring (bicyclic) bond motifs is 1. The maximum absolute atomic E-state index is 12.4. The monoisotopic (exact) mass is 396 g/mol. The third-order valence-electron chi connectivity index (χ3n) is 4.55. The molecule has 0 aromatic heterocycles. The van der Waals surface area contributed by atoms with E-state index in [1.165, 1.54) is 12.1 Å². The van der Waals surface area contributed by atoms with Gasteiger partial charge < -0.3 is 10.6 Å². The summed E-state index contributed by atoms with van der Waals surface area (Å²) in [6, 6.07) is 12.9. The highest BCUT2D eigenvalue weighted by Gasteiger charge is 2.30. The topological polar surface area (TPSA) is 122 Å². The molecule has 150 valence electrons. The number of non-ortho nitro benzene ring substituents is 1. The van der Waals surface area contributed by atoms with E-state index in [-0.39, 0.29) is 42.8 Å². The normalized spacial score (nSPS) is 13.0. The minimum absolute atomic E-state index is 0.00767. The lowest BCUT2D eigenvalue weighted by molar-refractivity contribution is -0.384. The predicted octanol–water partition coefficient (Wildman–Crippen LogP) is 1.74. The van der Waals surface area contributed by atoms with E-state index in [9.17, 15) is 24.5 Å². The number of anilines is 1. The van der Waals surface area contributed by atoms with Gasteiger partial charge in [0.1, 0.15) is 0 Å². The van der Waals surface area contributed by atoms with Crippen molar-refractivity contribution in [2.24, 2.45) is 0 Å². The number of nitro benzene ring substituents is 1. The summed E-state index contributed by atoms with van der Waals surface area (Å²) in [5.41, 5.74) is 1.92. The van der Waals surface area contributed by atoms with Gasteiger partial charge in [-0.05, 0) is 23.8 Å². The van der Waals surface area contributed by atoms with Crippen molar-refractivity contribution < 1.29 is 19.3 Å². The minimum Gasteiger partial charge on any atom is -0.383 e. The molecule has 1 heterocycles. The number of carbonyl (C=O) groups is 3. The van der Waals surface area contributed by atoms with Crippen LogP contribution >= 0.6 is 0 Å². The Labute approximate surface area is 166 Å². The van der Waals surface area contributed by atoms with Gasteiger partial charge >= 0.3 is 0 Å². The van der Waals surface area contributed by atoms with E-state index >= 15 is 0 Å². The number of hydrogen-bond donors (Lipinski definition) is 2. The van der Waals surface area contributed by atoms with Crippen molar-refractivity contribution in [3.8, 4) is 0 Å². The molecule has 9 nitrogen and oxygen atoms in total. The van der Waals surface area contributed by atoms with Crippen LogP contribution in [0.25, 0.3) is 0 Å². The molecule has 0 aliphatic carbocycles. The van der Waals surface area contributed by atoms with E-state index in [1.54, 1.807) is 36.4 Å². The molecule has 2 aromatic carbocycles. The highest BCUT2D eigenvalue weighted by molar-refractivity contribution is 6.09. The first kappa shape index (κ1) is 20.0. The highest BCUT2D eigenvalue weighted by atomic mass is 16.6. The van der Waals surface area contributed by atoms with Crippen LogP contribution in [0, 0.1) is 10.1 Å². The zero-order valence-electron chi connectivity index (χ0n) is 15.6. The van der Waals surface area contributed by atoms with Gasteiger partial charge in [0, 0.05) is 49.4 Å². The number of nitrogens with zero attached hydrogens (tertiary/aromatic N) is 2. The number of nitro groups is 1. The molecule has 0 unspecified atom stereocenters. The molecule has 2 N–H and O–H groups in total. The maximum atomic E-state index is 12.4. The summed E-state index contributed by atoms with van der Waals surface area (Å²) in [5, 5.41) is 16.4. The fourth-order valence-corrected chi connectivity index (χ4v) is 3.04. The number of amides is 3. The molecule has 0 saturated heterocycles. The SMILES string of the molecule is O=C(CCN1C(=O)Cc2ccccc2C1=O)NCCNc1ccc([N+](=O)[O-])cc1. The Hall–Kier alpha value is -3.75. The molecule has 3 amide bonds. The fraction of sp³-hybridized carbons (Fsp3) is 0.250. The van der Waals surface area contributed by atoms with Gasteiger partial charge in [-0.2, -0.15) is 0 Å². The van der Waals surface area contributed by atoms with Crippen LogP contribution in [-0.2, 0) is 16.0 Å². The van der Waals surface area contributed by atoms with Crippen LogP contribution < -0.4 is 10.6 Å². The van der Waals surface area contributed by atoms with Gasteiger partial charge in [0.15, 0.2) is 0 Å². The fourth-order valence-electron chi connectivity index (χ4n) is 3.04. The van der Waals surface area contributed by atoms with Crippen molar-refractivity contribution in [1.82, 2.24) is 10.2 Å². The molecule has 3 rings (SSSR count). The minimum atomic E-state index is -0.472. The van der Waals surface area contributed by atoms with E-state index in [0.717, 1.165) is 4.90 Å². The van der Waals surface area contributed by atoms with Crippen molar-refractivity contribution >= 4 is 29.1 Å². The average Bonchev–Trinajstić information content (AvgIpc) is 2.71. The molecule has 1 aliphatic rings. The largest absolute Gasteiger partial charge is 0.383 e. The first-order valence-electron chi connectivity index (χ1n) is 9.13. The van der Waals surface area contributed by atoms with Crippen LogP contribution in [0.1, 0.15) is 22.3 Å². The van der Waals surface area contributed by atoms with Crippen LogP contribution in [0.15, 0.2) is 48.5 Å². The lowest BCUT2D eigenvalue weighted by Crippen LogP contribution is -2.44. The van der Waals surface area contributed by atoms with Crippen molar-refractivity contribution in [2.45, 2.75) is 12.8 Å². The summed E-state index contributed by atoms with van der Waals surface area (Å²) >= 11 is 0. The maximum Gasteiger partial charge on any atom is 0.269 e. The van der Waals surface area contributed by atoms with Gasteiger partial charge in [-0.15, -0.1) is 0 Å². The Morgan fingerprint density at radius 1 is 1.07 bits per heavy atom. The summed E-state index contributed by atoms with van der Waals surface area (Å²) in [4.78, 5) is 47.9. The van der Waals surface area contributed by atoms with Crippen molar-refractivity contribution in [2.75, 3.05) is 25.0 Å². The Morgan fingerprint density at radius 3 is 2.52 bits per heavy atom. The molecular weight excluding hydrogens is 376 g/mol. The standard InChI is InChI=1S/C20H20N4O5/c25-18(22-11-10-21-15-5-7-16(8-6-15)24(28)29)9-12-23-19(26)13-14-3-1-2-4-17(14)20(23)27/h1-8,21H,9-13H2,(H,22,25). The average molecular weight is 396 g/mol. The molecule has 9 heteroatoms. The Morgan fingerprint density at radius 2 is 1.79 bits per heavy atom. The van der Waals surface area contributed by atoms with Gasteiger partial charge in [0.2, 0.25) is 11.8 Å². The number of imide groups is 1. The molecule has 0 atom stereocenters. The van der Waals surface area contributed by atoms with Crippen LogP contribution in [0.5, 0.6) is 0 Å². The summed E-state index contributed by atoms with van der Waals surface area (Å²) < 4.78 is 0. The smallest absolute Gasteiger partial charge is 0.269 e. The second-order valence-corrected chi connectivity index (χ2v) is 6.52. The number of carbonyl (C=O) groups excluding carboxylic acids is 3. The number of hydrogen-bond acceptors (Lipinski definition) is 6. The molecular formula is C20H20N4O5. The number of benzene rings is 2. The third kappa shape index (κ3) is 4.95. The predicted molar refractivity (Wildman–Crippen MR) is 105 cm³/mol. The second-order valence-electron chi connectivity index (χ2n) is 6.52. The highest BCUT2D eigenvalue weighted by Crippen LogP contribution is 2.19. The van der Waals surface area contributed by atoms with E-state index < -0.39 is 4.92 Å². The summed E-state index contributed by atoms with van der Waals surface area (Å²) in [6.45, 7) is 0.798. The quantitative estimate of drug-likeness (QED) is 0.303. The first-order chi connectivity index (χ1) is 14.0. The summed E-state index contributed by atoms with van der Waals surface area (Å²) in [7, 11) is 0. The Balaban J connectivity index is 1.40. The molecule has 0 saturated carbocycles. The zero-order chi connectivity index (χ0) is 20.8. The molecule has 0 spiro atoms. The van der Waals surface area contributed by atoms with Crippen LogP contribution in [-0.4, -0.2) is 47.2 Å². The van der Waals surface area contributed by atoms with Crippen LogP contribution in [0.3, 0.4) is 0 Å². The van der Waals surface area contributed by atoms with Gasteiger partial charge in [0.05, 0.1) is 11.3 Å². The third-order valence-corrected chi connectivity index (χ3v) is 4.55. The molecule has 0 fully saturated rings. The Kier molecular flexibility index (Phi) is 6.18. The van der Waals surface area contributed by atoms with Gasteiger partial charge in [-0.25, -0.2) is 0 Å². The lowest BCUT2D eigenvalue weighted by Gasteiger charge is -2.26. The molecule has 0 radical (unpaired) electrons. The van der Waals surface area contributed by atoms with Crippen molar-refractivity contribution in [3.63, 3.8) is 0 Å². The van der Waals surface area contributed by atoms with E-state index in [2.05, 4.69) is 10.6 Å². The number of nitrogens with one attached hydrogen (secondary N) is 2. The van der Waals surface area contributed by atoms with Crippen molar-refractivity contribution in [3.05, 3.63) is 69.8 Å². The summed E-state index contributed by atoms with van der Waals surface area (Å²) in [5.74, 6) is -0.944. The second kappa shape index (κ2) is 8.96. The van der Waals surface area contributed by atoms with Crippen molar-refractivity contribution in [1.29, 1.82) is 0 Å². The first-order valence-corrected chi connectivity index (χ1v) is 9.13. The Bertz CT molecular complexity index is 942. The number of rotatable bonds is 8. The molecule has 0 bridgehead atoms. The molecule has 2 aromatic rings. The van der Waals surface area contributed by atoms with E-state index in [1.807, 2.05) is 0 Å². The van der Waals surface area contributed by atoms with Crippen LogP contribution in [0.2, 0.25) is 0 Å². The van der Waals surface area contributed by atoms with Gasteiger partial charge in [-0.1, -0.05) is 18.2 Å². The van der Waals surface area contributed by atoms with E-state index in [0.29, 0.717) is 29.9 Å². The molecule has 29 heavy (non-hydrogen) atoms. The van der Waals surface area contributed by atoms with Gasteiger partial charge in [-0.3, -0.25) is 29.4 Å². The summed E-state index contributed by atoms with van der Waals surface area (Å²) in [6.07, 6.45) is 0.180. The zero-order valence-corrected chi connectivity index (χ0v) is 15.6.